The SMILES string of the molecule is CCCCC/C=C\C/C=C\CCCCCCCC(=O)OC(=O)C=C(C)C=CC=C(C)C=CC1=C(C)CCCC1(C)C. The van der Waals surface area contributed by atoms with Crippen LogP contribution in [-0.4, -0.2) is 11.9 Å². The molecule has 1 rings (SSSR count). The van der Waals surface area contributed by atoms with Crippen LogP contribution in [0.3, 0.4) is 0 Å². The molecule has 41 heavy (non-hydrogen) atoms. The van der Waals surface area contributed by atoms with Gasteiger partial charge in [-0.1, -0.05) is 119 Å². The van der Waals surface area contributed by atoms with Crippen LogP contribution in [0, 0.1) is 5.41 Å². The zero-order valence-electron chi connectivity index (χ0n) is 27.1. The van der Waals surface area contributed by atoms with E-state index < -0.39 is 11.9 Å². The van der Waals surface area contributed by atoms with E-state index in [9.17, 15) is 9.59 Å². The molecule has 0 saturated heterocycles. The molecule has 0 N–H and O–H groups in total. The first-order chi connectivity index (χ1) is 19.7. The van der Waals surface area contributed by atoms with Gasteiger partial charge in [-0.25, -0.2) is 4.79 Å². The van der Waals surface area contributed by atoms with Crippen molar-refractivity contribution in [3.8, 4) is 0 Å². The van der Waals surface area contributed by atoms with Crippen molar-refractivity contribution in [1.82, 2.24) is 0 Å². The van der Waals surface area contributed by atoms with E-state index in [1.165, 1.54) is 75.0 Å². The molecule has 228 valence electrons. The first-order valence-corrected chi connectivity index (χ1v) is 16.1. The summed E-state index contributed by atoms with van der Waals surface area (Å²) in [6.45, 7) is 13.0. The van der Waals surface area contributed by atoms with Gasteiger partial charge in [0.2, 0.25) is 0 Å². The molecule has 1 aliphatic carbocycles. The maximum Gasteiger partial charge on any atom is 0.338 e. The number of ether oxygens (including phenoxy) is 1. The lowest BCUT2D eigenvalue weighted by atomic mass is 9.72. The third kappa shape index (κ3) is 18.4. The molecule has 0 saturated carbocycles. The highest BCUT2D eigenvalue weighted by atomic mass is 16.6. The standard InChI is InChI=1S/C38H58O3/c1-7-8-9-10-11-12-13-14-15-16-17-18-19-20-21-27-36(39)41-37(40)31-33(3)25-22-24-32(2)28-29-35-34(4)26-23-30-38(35,5)6/h11-12,14-15,22,24-25,28-29,31H,7-10,13,16-21,23,26-27,30H2,1-6H3/b12-11-,15-14-,25-22?,29-28?,32-24?,33-31?. The summed E-state index contributed by atoms with van der Waals surface area (Å²) >= 11 is 0. The van der Waals surface area contributed by atoms with Gasteiger partial charge in [0.05, 0.1) is 0 Å². The van der Waals surface area contributed by atoms with E-state index in [1.807, 2.05) is 25.2 Å². The zero-order chi connectivity index (χ0) is 30.3. The molecule has 0 atom stereocenters. The van der Waals surface area contributed by atoms with E-state index in [-0.39, 0.29) is 5.41 Å². The zero-order valence-corrected chi connectivity index (χ0v) is 27.1. The van der Waals surface area contributed by atoms with Crippen molar-refractivity contribution < 1.29 is 14.3 Å². The van der Waals surface area contributed by atoms with E-state index in [1.54, 1.807) is 0 Å². The molecule has 0 radical (unpaired) electrons. The summed E-state index contributed by atoms with van der Waals surface area (Å²) in [6, 6.07) is 0. The largest absolute Gasteiger partial charge is 0.390 e. The van der Waals surface area contributed by atoms with Crippen LogP contribution in [0.4, 0.5) is 0 Å². The molecule has 0 unspecified atom stereocenters. The van der Waals surface area contributed by atoms with Crippen LogP contribution in [0.2, 0.25) is 0 Å². The number of unbranched alkanes of at least 4 members (excludes halogenated alkanes) is 8. The lowest BCUT2D eigenvalue weighted by Gasteiger charge is -2.32. The van der Waals surface area contributed by atoms with E-state index in [0.717, 1.165) is 43.3 Å². The predicted octanol–water partition coefficient (Wildman–Crippen LogP) is 11.4. The highest BCUT2D eigenvalue weighted by molar-refractivity contribution is 5.92. The van der Waals surface area contributed by atoms with E-state index in [4.69, 9.17) is 4.74 Å². The number of hydrogen-bond donors (Lipinski definition) is 0. The third-order valence-corrected chi connectivity index (χ3v) is 7.67. The molecule has 0 bridgehead atoms. The fraction of sp³-hybridized carbons (Fsp3) is 0.579. The average molecular weight is 563 g/mol. The van der Waals surface area contributed by atoms with Crippen molar-refractivity contribution in [2.24, 2.45) is 5.41 Å². The van der Waals surface area contributed by atoms with Crippen molar-refractivity contribution in [2.75, 3.05) is 0 Å². The average Bonchev–Trinajstić information content (AvgIpc) is 2.90. The highest BCUT2D eigenvalue weighted by Gasteiger charge is 2.26. The summed E-state index contributed by atoms with van der Waals surface area (Å²) in [7, 11) is 0. The number of carbonyl (C=O) groups is 2. The third-order valence-electron chi connectivity index (χ3n) is 7.67. The molecular formula is C38H58O3. The fourth-order valence-corrected chi connectivity index (χ4v) is 5.14. The van der Waals surface area contributed by atoms with E-state index in [0.29, 0.717) is 6.42 Å². The summed E-state index contributed by atoms with van der Waals surface area (Å²) in [4.78, 5) is 24.1. The lowest BCUT2D eigenvalue weighted by molar-refractivity contribution is -0.156. The molecule has 0 heterocycles. The molecule has 0 aromatic heterocycles. The first kappa shape index (κ1) is 36.3. The topological polar surface area (TPSA) is 43.4 Å². The molecular weight excluding hydrogens is 504 g/mol. The molecule has 0 aliphatic heterocycles. The molecule has 3 heteroatoms. The minimum atomic E-state index is -0.595. The first-order valence-electron chi connectivity index (χ1n) is 16.1. The van der Waals surface area contributed by atoms with Crippen molar-refractivity contribution in [2.45, 2.75) is 138 Å². The Hall–Kier alpha value is -2.68. The summed E-state index contributed by atoms with van der Waals surface area (Å²) in [6.07, 6.45) is 37.1. The summed E-state index contributed by atoms with van der Waals surface area (Å²) < 4.78 is 4.97. The van der Waals surface area contributed by atoms with Crippen LogP contribution in [0.1, 0.15) is 138 Å². The lowest BCUT2D eigenvalue weighted by Crippen LogP contribution is -2.19. The molecule has 0 spiro atoms. The Morgan fingerprint density at radius 2 is 1.51 bits per heavy atom. The summed E-state index contributed by atoms with van der Waals surface area (Å²) in [5, 5.41) is 0. The highest BCUT2D eigenvalue weighted by Crippen LogP contribution is 2.40. The van der Waals surface area contributed by atoms with Crippen molar-refractivity contribution in [1.29, 1.82) is 0 Å². The Labute approximate surface area is 252 Å². The molecule has 0 fully saturated rings. The normalized spacial score (nSPS) is 16.6. The van der Waals surface area contributed by atoms with Gasteiger partial charge in [0, 0.05) is 12.5 Å². The van der Waals surface area contributed by atoms with Gasteiger partial charge >= 0.3 is 11.9 Å². The Bertz CT molecular complexity index is 995. The van der Waals surface area contributed by atoms with Crippen LogP contribution in [0.5, 0.6) is 0 Å². The van der Waals surface area contributed by atoms with Gasteiger partial charge in [-0.05, 0) is 95.1 Å². The Morgan fingerprint density at radius 3 is 2.20 bits per heavy atom. The predicted molar refractivity (Wildman–Crippen MR) is 177 cm³/mol. The molecule has 3 nitrogen and oxygen atoms in total. The van der Waals surface area contributed by atoms with Gasteiger partial charge in [0.1, 0.15) is 0 Å². The number of esters is 2. The van der Waals surface area contributed by atoms with Crippen molar-refractivity contribution >= 4 is 11.9 Å². The smallest absolute Gasteiger partial charge is 0.338 e. The van der Waals surface area contributed by atoms with Crippen molar-refractivity contribution in [3.63, 3.8) is 0 Å². The summed E-state index contributed by atoms with van der Waals surface area (Å²) in [5.41, 5.74) is 5.06. The Balaban J connectivity index is 2.22. The van der Waals surface area contributed by atoms with Crippen LogP contribution < -0.4 is 0 Å². The second-order valence-electron chi connectivity index (χ2n) is 12.2. The maximum absolute atomic E-state index is 12.1. The molecule has 0 aromatic carbocycles. The number of allylic oxidation sites excluding steroid dienone is 13. The minimum Gasteiger partial charge on any atom is -0.390 e. The second-order valence-corrected chi connectivity index (χ2v) is 12.2. The maximum atomic E-state index is 12.1. The van der Waals surface area contributed by atoms with E-state index >= 15 is 0 Å². The van der Waals surface area contributed by atoms with Gasteiger partial charge in [0.15, 0.2) is 0 Å². The van der Waals surface area contributed by atoms with Crippen molar-refractivity contribution in [3.05, 3.63) is 83.1 Å². The fourth-order valence-electron chi connectivity index (χ4n) is 5.14. The van der Waals surface area contributed by atoms with Gasteiger partial charge in [-0.3, -0.25) is 4.79 Å². The van der Waals surface area contributed by atoms with Crippen LogP contribution in [0.15, 0.2) is 83.1 Å². The van der Waals surface area contributed by atoms with Crippen LogP contribution in [-0.2, 0) is 14.3 Å². The summed E-state index contributed by atoms with van der Waals surface area (Å²) in [5.74, 6) is -1.04. The quantitative estimate of drug-likeness (QED) is 0.0393. The van der Waals surface area contributed by atoms with Gasteiger partial charge < -0.3 is 4.74 Å². The number of carbonyl (C=O) groups excluding carboxylic acids is 2. The number of rotatable bonds is 19. The van der Waals surface area contributed by atoms with Crippen LogP contribution in [0.25, 0.3) is 0 Å². The number of hydrogen-bond acceptors (Lipinski definition) is 3. The second kappa shape index (κ2) is 22.0. The van der Waals surface area contributed by atoms with Gasteiger partial charge in [-0.15, -0.1) is 0 Å². The van der Waals surface area contributed by atoms with Gasteiger partial charge in [-0.2, -0.15) is 0 Å². The van der Waals surface area contributed by atoms with Gasteiger partial charge in [0.25, 0.3) is 0 Å². The molecule has 0 aromatic rings. The minimum absolute atomic E-state index is 0.231. The monoisotopic (exact) mass is 562 g/mol. The Kier molecular flexibility index (Phi) is 19.5. The molecule has 1 aliphatic rings. The Morgan fingerprint density at radius 1 is 0.854 bits per heavy atom. The van der Waals surface area contributed by atoms with E-state index in [2.05, 4.69) is 71.1 Å². The molecule has 0 amide bonds. The van der Waals surface area contributed by atoms with Crippen LogP contribution >= 0.6 is 0 Å².